The predicted molar refractivity (Wildman–Crippen MR) is 134 cm³/mol. The maximum Gasteiger partial charge on any atom is 0.311 e. The highest BCUT2D eigenvalue weighted by Crippen LogP contribution is 2.19. The van der Waals surface area contributed by atoms with E-state index in [1.165, 1.54) is 77.0 Å². The van der Waals surface area contributed by atoms with Crippen molar-refractivity contribution in [3.05, 3.63) is 24.3 Å². The first kappa shape index (κ1) is 28.5. The summed E-state index contributed by atoms with van der Waals surface area (Å²) in [7, 11) is 0. The Morgan fingerprint density at radius 1 is 0.688 bits per heavy atom. The van der Waals surface area contributed by atoms with Crippen molar-refractivity contribution in [2.75, 3.05) is 12.9 Å². The van der Waals surface area contributed by atoms with Gasteiger partial charge in [-0.15, -0.1) is 11.8 Å². The second-order valence-corrected chi connectivity index (χ2v) is 9.35. The van der Waals surface area contributed by atoms with E-state index in [1.807, 2.05) is 18.4 Å². The highest BCUT2D eigenvalue weighted by Gasteiger charge is 2.10. The Labute approximate surface area is 200 Å². The van der Waals surface area contributed by atoms with E-state index in [2.05, 4.69) is 6.92 Å². The second-order valence-electron chi connectivity index (χ2n) is 8.47. The lowest BCUT2D eigenvalue weighted by molar-refractivity contribution is -0.147. The summed E-state index contributed by atoms with van der Waals surface area (Å²) in [6.07, 6.45) is 20.4. The minimum absolute atomic E-state index is 0.0435. The zero-order valence-corrected chi connectivity index (χ0v) is 21.2. The van der Waals surface area contributed by atoms with Gasteiger partial charge in [-0.2, -0.15) is 0 Å². The number of esters is 2. The summed E-state index contributed by atoms with van der Waals surface area (Å²) in [6, 6.07) is 7.32. The number of carbonyl (C=O) groups excluding carboxylic acids is 2. The van der Waals surface area contributed by atoms with E-state index in [0.29, 0.717) is 12.4 Å². The van der Waals surface area contributed by atoms with Crippen LogP contribution in [0.1, 0.15) is 110 Å². The largest absolute Gasteiger partial charge is 0.466 e. The van der Waals surface area contributed by atoms with Gasteiger partial charge in [-0.05, 0) is 36.9 Å². The SMILES string of the molecule is CCCCCCCCCCCCCCCCOC(=O)CCC(=O)Oc1ccc(SC)cc1. The van der Waals surface area contributed by atoms with E-state index in [4.69, 9.17) is 9.47 Å². The second kappa shape index (κ2) is 20.1. The molecule has 0 saturated carbocycles. The van der Waals surface area contributed by atoms with E-state index >= 15 is 0 Å². The topological polar surface area (TPSA) is 52.6 Å². The van der Waals surface area contributed by atoms with Gasteiger partial charge in [0.1, 0.15) is 5.75 Å². The van der Waals surface area contributed by atoms with Gasteiger partial charge in [0.25, 0.3) is 0 Å². The molecule has 32 heavy (non-hydrogen) atoms. The standard InChI is InChI=1S/C27H44O4S/c1-3-4-5-6-7-8-9-10-11-12-13-14-15-16-23-30-26(28)21-22-27(29)31-24-17-19-25(32-2)20-18-24/h17-20H,3-16,21-23H2,1-2H3. The zero-order chi connectivity index (χ0) is 23.3. The molecule has 4 nitrogen and oxygen atoms in total. The lowest BCUT2D eigenvalue weighted by Crippen LogP contribution is -2.12. The monoisotopic (exact) mass is 464 g/mol. The van der Waals surface area contributed by atoms with Crippen LogP contribution in [0.15, 0.2) is 29.2 Å². The summed E-state index contributed by atoms with van der Waals surface area (Å²) < 4.78 is 10.5. The minimum Gasteiger partial charge on any atom is -0.466 e. The molecule has 0 saturated heterocycles. The highest BCUT2D eigenvalue weighted by molar-refractivity contribution is 7.98. The van der Waals surface area contributed by atoms with Crippen molar-refractivity contribution >= 4 is 23.7 Å². The Kier molecular flexibility index (Phi) is 18.0. The van der Waals surface area contributed by atoms with Crippen molar-refractivity contribution < 1.29 is 19.1 Å². The van der Waals surface area contributed by atoms with Crippen LogP contribution in [0.3, 0.4) is 0 Å². The van der Waals surface area contributed by atoms with Crippen molar-refractivity contribution in [2.24, 2.45) is 0 Å². The first-order valence-corrected chi connectivity index (χ1v) is 13.9. The van der Waals surface area contributed by atoms with Crippen LogP contribution in [0.25, 0.3) is 0 Å². The summed E-state index contributed by atoms with van der Waals surface area (Å²) in [5, 5.41) is 0. The first-order valence-electron chi connectivity index (χ1n) is 12.7. The third-order valence-corrected chi connectivity index (χ3v) is 6.33. The van der Waals surface area contributed by atoms with Crippen LogP contribution in [-0.2, 0) is 14.3 Å². The molecule has 182 valence electrons. The Morgan fingerprint density at radius 3 is 1.66 bits per heavy atom. The molecule has 1 aromatic rings. The number of hydrogen-bond acceptors (Lipinski definition) is 5. The molecule has 1 aromatic carbocycles. The molecule has 0 aromatic heterocycles. The van der Waals surface area contributed by atoms with Crippen LogP contribution < -0.4 is 4.74 Å². The number of benzene rings is 1. The molecule has 0 aliphatic heterocycles. The quantitative estimate of drug-likeness (QED) is 0.0844. The van der Waals surface area contributed by atoms with Crippen molar-refractivity contribution in [1.29, 1.82) is 0 Å². The Bertz CT molecular complexity index is 600. The van der Waals surface area contributed by atoms with Crippen LogP contribution >= 0.6 is 11.8 Å². The van der Waals surface area contributed by atoms with E-state index in [-0.39, 0.29) is 18.8 Å². The fourth-order valence-electron chi connectivity index (χ4n) is 3.59. The van der Waals surface area contributed by atoms with Crippen molar-refractivity contribution in [3.63, 3.8) is 0 Å². The van der Waals surface area contributed by atoms with E-state index in [0.717, 1.165) is 17.7 Å². The molecular formula is C27H44O4S. The van der Waals surface area contributed by atoms with Crippen LogP contribution in [0, 0.1) is 0 Å². The molecule has 1 rings (SSSR count). The van der Waals surface area contributed by atoms with Gasteiger partial charge in [-0.1, -0.05) is 90.4 Å². The van der Waals surface area contributed by atoms with E-state index < -0.39 is 5.97 Å². The number of rotatable bonds is 20. The molecule has 0 amide bonds. The molecule has 0 atom stereocenters. The van der Waals surface area contributed by atoms with Crippen molar-refractivity contribution in [2.45, 2.75) is 115 Å². The molecule has 0 unspecified atom stereocenters. The third kappa shape index (κ3) is 16.2. The fourth-order valence-corrected chi connectivity index (χ4v) is 3.99. The molecule has 5 heteroatoms. The average Bonchev–Trinajstić information content (AvgIpc) is 2.80. The van der Waals surface area contributed by atoms with Gasteiger partial charge in [-0.25, -0.2) is 0 Å². The van der Waals surface area contributed by atoms with Gasteiger partial charge in [0.15, 0.2) is 0 Å². The number of carbonyl (C=O) groups is 2. The zero-order valence-electron chi connectivity index (χ0n) is 20.4. The number of hydrogen-bond donors (Lipinski definition) is 0. The van der Waals surface area contributed by atoms with Gasteiger partial charge in [-0.3, -0.25) is 9.59 Å². The Balaban J connectivity index is 1.87. The van der Waals surface area contributed by atoms with Crippen LogP contribution in [0.5, 0.6) is 5.75 Å². The third-order valence-electron chi connectivity index (χ3n) is 5.59. The molecule has 0 N–H and O–H groups in total. The Hall–Kier alpha value is -1.49. The minimum atomic E-state index is -0.407. The first-order chi connectivity index (χ1) is 15.7. The molecule has 0 aliphatic rings. The average molecular weight is 465 g/mol. The van der Waals surface area contributed by atoms with Crippen molar-refractivity contribution in [1.82, 2.24) is 0 Å². The number of ether oxygens (including phenoxy) is 2. The van der Waals surface area contributed by atoms with Crippen LogP contribution in [-0.4, -0.2) is 24.8 Å². The lowest BCUT2D eigenvalue weighted by Gasteiger charge is -2.06. The summed E-state index contributed by atoms with van der Waals surface area (Å²) in [6.45, 7) is 2.71. The molecule has 0 spiro atoms. The van der Waals surface area contributed by atoms with Gasteiger partial charge in [0.05, 0.1) is 19.4 Å². The number of thioether (sulfide) groups is 1. The lowest BCUT2D eigenvalue weighted by atomic mass is 10.0. The summed E-state index contributed by atoms with van der Waals surface area (Å²) >= 11 is 1.63. The molecule has 0 aliphatic carbocycles. The maximum absolute atomic E-state index is 11.8. The molecular weight excluding hydrogens is 420 g/mol. The molecule has 0 bridgehead atoms. The number of unbranched alkanes of at least 4 members (excludes halogenated alkanes) is 13. The summed E-state index contributed by atoms with van der Waals surface area (Å²) in [5.74, 6) is -0.228. The van der Waals surface area contributed by atoms with Gasteiger partial charge < -0.3 is 9.47 Å². The summed E-state index contributed by atoms with van der Waals surface area (Å²) in [4.78, 5) is 24.7. The van der Waals surface area contributed by atoms with Crippen LogP contribution in [0.2, 0.25) is 0 Å². The van der Waals surface area contributed by atoms with Gasteiger partial charge in [0.2, 0.25) is 0 Å². The molecule has 0 heterocycles. The summed E-state index contributed by atoms with van der Waals surface area (Å²) in [5.41, 5.74) is 0. The van der Waals surface area contributed by atoms with E-state index in [1.54, 1.807) is 23.9 Å². The molecule has 0 fully saturated rings. The highest BCUT2D eigenvalue weighted by atomic mass is 32.2. The van der Waals surface area contributed by atoms with Crippen LogP contribution in [0.4, 0.5) is 0 Å². The normalized spacial score (nSPS) is 10.8. The van der Waals surface area contributed by atoms with E-state index in [9.17, 15) is 9.59 Å². The smallest absolute Gasteiger partial charge is 0.311 e. The Morgan fingerprint density at radius 2 is 1.16 bits per heavy atom. The van der Waals surface area contributed by atoms with Gasteiger partial charge in [0, 0.05) is 4.90 Å². The maximum atomic E-state index is 11.8. The van der Waals surface area contributed by atoms with Gasteiger partial charge >= 0.3 is 11.9 Å². The fraction of sp³-hybridized carbons (Fsp3) is 0.704. The van der Waals surface area contributed by atoms with Crippen molar-refractivity contribution in [3.8, 4) is 5.75 Å². The molecule has 0 radical (unpaired) electrons. The predicted octanol–water partition coefficient (Wildman–Crippen LogP) is 8.12.